The van der Waals surface area contributed by atoms with Gasteiger partial charge >= 0.3 is 0 Å². The Hall–Kier alpha value is -1.46. The van der Waals surface area contributed by atoms with E-state index in [9.17, 15) is 8.78 Å². The van der Waals surface area contributed by atoms with E-state index in [1.165, 1.54) is 12.1 Å². The van der Waals surface area contributed by atoms with E-state index in [1.807, 2.05) is 0 Å². The molecule has 2 rings (SSSR count). The van der Waals surface area contributed by atoms with E-state index in [0.29, 0.717) is 17.0 Å². The number of halogens is 3. The maximum Gasteiger partial charge on any atom is 0.129 e. The van der Waals surface area contributed by atoms with Gasteiger partial charge in [0.05, 0.1) is 23.0 Å². The molecular formula is C13H14ClF2N3. The molecule has 0 spiro atoms. The molecule has 0 amide bonds. The van der Waals surface area contributed by atoms with Gasteiger partial charge < -0.3 is 5.32 Å². The van der Waals surface area contributed by atoms with Crippen molar-refractivity contribution in [3.8, 4) is 0 Å². The van der Waals surface area contributed by atoms with E-state index >= 15 is 0 Å². The fourth-order valence-corrected chi connectivity index (χ4v) is 2.35. The first-order valence-corrected chi connectivity index (χ1v) is 6.19. The van der Waals surface area contributed by atoms with Crippen LogP contribution >= 0.6 is 11.6 Å². The minimum atomic E-state index is -0.583. The molecule has 102 valence electrons. The van der Waals surface area contributed by atoms with Crippen LogP contribution in [-0.4, -0.2) is 16.8 Å². The summed E-state index contributed by atoms with van der Waals surface area (Å²) < 4.78 is 28.2. The van der Waals surface area contributed by atoms with Gasteiger partial charge in [0.2, 0.25) is 0 Å². The summed E-state index contributed by atoms with van der Waals surface area (Å²) in [7, 11) is 3.53. The van der Waals surface area contributed by atoms with Crippen molar-refractivity contribution in [3.05, 3.63) is 52.3 Å². The number of benzene rings is 1. The second-order valence-corrected chi connectivity index (χ2v) is 4.69. The second-order valence-electron chi connectivity index (χ2n) is 4.28. The molecule has 0 saturated carbocycles. The number of hydrogen-bond donors (Lipinski definition) is 1. The lowest BCUT2D eigenvalue weighted by Gasteiger charge is -2.17. The summed E-state index contributed by atoms with van der Waals surface area (Å²) in [5, 5.41) is 7.64. The Balaban J connectivity index is 2.29. The molecule has 1 aromatic carbocycles. The Morgan fingerprint density at radius 3 is 2.68 bits per heavy atom. The first-order valence-electron chi connectivity index (χ1n) is 5.81. The van der Waals surface area contributed by atoms with Crippen molar-refractivity contribution in [2.24, 2.45) is 7.05 Å². The highest BCUT2D eigenvalue weighted by atomic mass is 35.5. The van der Waals surface area contributed by atoms with Gasteiger partial charge in [-0.1, -0.05) is 17.7 Å². The minimum Gasteiger partial charge on any atom is -0.311 e. The number of rotatable bonds is 4. The van der Waals surface area contributed by atoms with Crippen molar-refractivity contribution in [1.29, 1.82) is 0 Å². The van der Waals surface area contributed by atoms with Gasteiger partial charge in [-0.15, -0.1) is 0 Å². The van der Waals surface area contributed by atoms with Gasteiger partial charge in [0.25, 0.3) is 0 Å². The molecule has 1 heterocycles. The number of nitrogens with zero attached hydrogens (tertiary/aromatic N) is 2. The molecule has 6 heteroatoms. The van der Waals surface area contributed by atoms with Crippen molar-refractivity contribution in [1.82, 2.24) is 15.1 Å². The highest BCUT2D eigenvalue weighted by Crippen LogP contribution is 2.25. The molecule has 1 aromatic heterocycles. The van der Waals surface area contributed by atoms with E-state index in [-0.39, 0.29) is 6.04 Å². The van der Waals surface area contributed by atoms with E-state index in [0.717, 1.165) is 11.8 Å². The van der Waals surface area contributed by atoms with Crippen LogP contribution in [0.4, 0.5) is 8.78 Å². The molecule has 3 nitrogen and oxygen atoms in total. The summed E-state index contributed by atoms with van der Waals surface area (Å²) in [6.07, 6.45) is 1.91. The molecule has 0 aliphatic heterocycles. The zero-order chi connectivity index (χ0) is 14.0. The van der Waals surface area contributed by atoms with Crippen LogP contribution in [0, 0.1) is 11.6 Å². The van der Waals surface area contributed by atoms with Crippen LogP contribution in [-0.2, 0) is 13.5 Å². The van der Waals surface area contributed by atoms with Crippen molar-refractivity contribution in [2.45, 2.75) is 12.5 Å². The molecule has 0 aliphatic carbocycles. The Bertz CT molecular complexity index is 564. The van der Waals surface area contributed by atoms with E-state index < -0.39 is 11.6 Å². The van der Waals surface area contributed by atoms with Crippen molar-refractivity contribution in [3.63, 3.8) is 0 Å². The van der Waals surface area contributed by atoms with Gasteiger partial charge in [0, 0.05) is 13.1 Å². The maximum atomic E-state index is 13.7. The molecule has 0 fully saturated rings. The lowest BCUT2D eigenvalue weighted by atomic mass is 10.0. The summed E-state index contributed by atoms with van der Waals surface area (Å²) in [4.78, 5) is 0. The molecule has 19 heavy (non-hydrogen) atoms. The largest absolute Gasteiger partial charge is 0.311 e. The molecule has 0 aliphatic rings. The van der Waals surface area contributed by atoms with Crippen LogP contribution in [0.5, 0.6) is 0 Å². The standard InChI is InChI=1S/C13H14ClF2N3/c1-17-12(13-10(14)7-18-19(13)2)5-8-3-4-9(15)6-11(8)16/h3-4,6-7,12,17H,5H2,1-2H3. The van der Waals surface area contributed by atoms with Gasteiger partial charge in [0.15, 0.2) is 0 Å². The highest BCUT2D eigenvalue weighted by Gasteiger charge is 2.19. The maximum absolute atomic E-state index is 13.7. The van der Waals surface area contributed by atoms with Crippen LogP contribution in [0.15, 0.2) is 24.4 Å². The molecule has 1 atom stereocenters. The van der Waals surface area contributed by atoms with Crippen LogP contribution < -0.4 is 5.32 Å². The quantitative estimate of drug-likeness (QED) is 0.936. The van der Waals surface area contributed by atoms with Gasteiger partial charge in [-0.05, 0) is 25.1 Å². The van der Waals surface area contributed by atoms with Crippen LogP contribution in [0.3, 0.4) is 0 Å². The molecular weight excluding hydrogens is 272 g/mol. The molecule has 1 N–H and O–H groups in total. The Morgan fingerprint density at radius 2 is 2.16 bits per heavy atom. The van der Waals surface area contributed by atoms with Gasteiger partial charge in [0.1, 0.15) is 11.6 Å². The van der Waals surface area contributed by atoms with Gasteiger partial charge in [-0.2, -0.15) is 5.10 Å². The summed E-state index contributed by atoms with van der Waals surface area (Å²) in [6, 6.07) is 3.38. The Morgan fingerprint density at radius 1 is 1.42 bits per heavy atom. The predicted molar refractivity (Wildman–Crippen MR) is 70.1 cm³/mol. The lowest BCUT2D eigenvalue weighted by molar-refractivity contribution is 0.514. The molecule has 2 aromatic rings. The smallest absolute Gasteiger partial charge is 0.129 e. The van der Waals surface area contributed by atoms with Crippen molar-refractivity contribution in [2.75, 3.05) is 7.05 Å². The third-order valence-electron chi connectivity index (χ3n) is 3.06. The normalized spacial score (nSPS) is 12.7. The first-order chi connectivity index (χ1) is 9.02. The Labute approximate surface area is 115 Å². The lowest BCUT2D eigenvalue weighted by Crippen LogP contribution is -2.22. The van der Waals surface area contributed by atoms with Crippen LogP contribution in [0.2, 0.25) is 5.02 Å². The zero-order valence-electron chi connectivity index (χ0n) is 10.6. The number of aromatic nitrogens is 2. The van der Waals surface area contributed by atoms with E-state index in [2.05, 4.69) is 10.4 Å². The van der Waals surface area contributed by atoms with Gasteiger partial charge in [-0.3, -0.25) is 4.68 Å². The number of likely N-dealkylation sites (N-methyl/N-ethyl adjacent to an activating group) is 1. The Kier molecular flexibility index (Phi) is 4.17. The third kappa shape index (κ3) is 2.93. The zero-order valence-corrected chi connectivity index (χ0v) is 11.4. The van der Waals surface area contributed by atoms with Crippen molar-refractivity contribution >= 4 is 11.6 Å². The third-order valence-corrected chi connectivity index (χ3v) is 3.35. The predicted octanol–water partition coefficient (Wildman–Crippen LogP) is 2.85. The average molecular weight is 286 g/mol. The van der Waals surface area contributed by atoms with Crippen LogP contribution in [0.25, 0.3) is 0 Å². The molecule has 0 bridgehead atoms. The molecule has 0 radical (unpaired) electrons. The summed E-state index contributed by atoms with van der Waals surface area (Å²) in [5.74, 6) is -1.14. The van der Waals surface area contributed by atoms with Crippen molar-refractivity contribution < 1.29 is 8.78 Å². The second kappa shape index (κ2) is 5.67. The summed E-state index contributed by atoms with van der Waals surface area (Å²) in [6.45, 7) is 0. The minimum absolute atomic E-state index is 0.194. The topological polar surface area (TPSA) is 29.9 Å². The summed E-state index contributed by atoms with van der Waals surface area (Å²) >= 11 is 6.07. The fraction of sp³-hybridized carbons (Fsp3) is 0.308. The van der Waals surface area contributed by atoms with E-state index in [4.69, 9.17) is 11.6 Å². The monoisotopic (exact) mass is 285 g/mol. The SMILES string of the molecule is CNC(Cc1ccc(F)cc1F)c1c(Cl)cnn1C. The highest BCUT2D eigenvalue weighted by molar-refractivity contribution is 6.31. The van der Waals surface area contributed by atoms with Gasteiger partial charge in [-0.25, -0.2) is 8.78 Å². The number of hydrogen-bond acceptors (Lipinski definition) is 2. The van der Waals surface area contributed by atoms with Crippen LogP contribution in [0.1, 0.15) is 17.3 Å². The fourth-order valence-electron chi connectivity index (χ4n) is 2.05. The number of nitrogens with one attached hydrogen (secondary N) is 1. The summed E-state index contributed by atoms with van der Waals surface area (Å²) in [5.41, 5.74) is 1.20. The average Bonchev–Trinajstić information content (AvgIpc) is 2.69. The molecule has 0 saturated heterocycles. The molecule has 1 unspecified atom stereocenters. The van der Waals surface area contributed by atoms with E-state index in [1.54, 1.807) is 25.0 Å². The first kappa shape index (κ1) is 14.0. The number of aryl methyl sites for hydroxylation is 1.